The molecule has 1 aliphatic carbocycles. The molecular formula is C17H19BrINS. The summed E-state index contributed by atoms with van der Waals surface area (Å²) in [5.74, 6) is 0. The molecule has 1 N–H and O–H groups in total. The molecule has 112 valence electrons. The van der Waals surface area contributed by atoms with Gasteiger partial charge in [-0.25, -0.2) is 0 Å². The van der Waals surface area contributed by atoms with Crippen LogP contribution in [0.25, 0.3) is 0 Å². The first kappa shape index (κ1) is 16.0. The number of nitrogens with one attached hydrogen (secondary N) is 1. The molecule has 2 unspecified atom stereocenters. The fraction of sp³-hybridized carbons (Fsp3) is 0.412. The van der Waals surface area contributed by atoms with E-state index in [4.69, 9.17) is 0 Å². The summed E-state index contributed by atoms with van der Waals surface area (Å²) in [7, 11) is 0. The van der Waals surface area contributed by atoms with E-state index in [-0.39, 0.29) is 0 Å². The first-order chi connectivity index (χ1) is 10.2. The van der Waals surface area contributed by atoms with Crippen molar-refractivity contribution in [3.63, 3.8) is 0 Å². The molecule has 1 aliphatic rings. The van der Waals surface area contributed by atoms with Gasteiger partial charge in [0.15, 0.2) is 0 Å². The van der Waals surface area contributed by atoms with Crippen molar-refractivity contribution in [1.29, 1.82) is 0 Å². The Bertz CT molecular complexity index is 608. The summed E-state index contributed by atoms with van der Waals surface area (Å²) < 4.78 is 2.57. The first-order valence-corrected chi connectivity index (χ1v) is 10.2. The van der Waals surface area contributed by atoms with Crippen molar-refractivity contribution in [2.45, 2.75) is 44.7 Å². The molecule has 1 aromatic carbocycles. The number of rotatable bonds is 4. The van der Waals surface area contributed by atoms with Crippen molar-refractivity contribution in [2.24, 2.45) is 0 Å². The average molecular weight is 476 g/mol. The summed E-state index contributed by atoms with van der Waals surface area (Å²) in [6.45, 7) is 2.26. The number of aryl methyl sites for hydroxylation is 1. The van der Waals surface area contributed by atoms with Gasteiger partial charge in [-0.15, -0.1) is 11.3 Å². The van der Waals surface area contributed by atoms with Gasteiger partial charge in [0.2, 0.25) is 0 Å². The van der Waals surface area contributed by atoms with Crippen molar-refractivity contribution in [3.8, 4) is 0 Å². The Morgan fingerprint density at radius 2 is 2.14 bits per heavy atom. The zero-order chi connectivity index (χ0) is 14.8. The molecule has 21 heavy (non-hydrogen) atoms. The summed E-state index contributed by atoms with van der Waals surface area (Å²) in [4.78, 5) is 1.59. The lowest BCUT2D eigenvalue weighted by Gasteiger charge is -2.29. The van der Waals surface area contributed by atoms with E-state index in [1.165, 1.54) is 27.7 Å². The molecule has 0 amide bonds. The van der Waals surface area contributed by atoms with E-state index in [1.54, 1.807) is 10.4 Å². The minimum atomic E-state index is 0.437. The Hall–Kier alpha value is 0.0900. The standard InChI is InChI=1S/C17H19BrINS/c1-2-14(11-6-8-12(18)9-7-11)20-15-4-3-5-16-13(15)10-17(19)21-16/h6-10,14-15,20H,2-5H2,1H3. The molecule has 1 aromatic heterocycles. The van der Waals surface area contributed by atoms with E-state index in [9.17, 15) is 0 Å². The Morgan fingerprint density at radius 3 is 2.86 bits per heavy atom. The lowest BCUT2D eigenvalue weighted by atomic mass is 9.92. The van der Waals surface area contributed by atoms with Crippen molar-refractivity contribution in [1.82, 2.24) is 5.32 Å². The SMILES string of the molecule is CCC(NC1CCCc2sc(I)cc21)c1ccc(Br)cc1. The molecule has 2 atom stereocenters. The van der Waals surface area contributed by atoms with E-state index in [0.29, 0.717) is 12.1 Å². The quantitative estimate of drug-likeness (QED) is 0.516. The number of benzene rings is 1. The second-order valence-electron chi connectivity index (χ2n) is 5.55. The Balaban J connectivity index is 1.80. The maximum Gasteiger partial charge on any atom is 0.0659 e. The van der Waals surface area contributed by atoms with Gasteiger partial charge in [-0.1, -0.05) is 35.0 Å². The summed E-state index contributed by atoms with van der Waals surface area (Å²) in [6, 6.07) is 12.1. The molecule has 0 saturated carbocycles. The maximum absolute atomic E-state index is 3.90. The van der Waals surface area contributed by atoms with Crippen LogP contribution in [-0.2, 0) is 6.42 Å². The maximum atomic E-state index is 3.90. The van der Waals surface area contributed by atoms with Gasteiger partial charge in [0.05, 0.1) is 2.88 Å². The third-order valence-electron chi connectivity index (χ3n) is 4.17. The third-order valence-corrected chi connectivity index (χ3v) is 6.67. The highest BCUT2D eigenvalue weighted by Gasteiger charge is 2.24. The van der Waals surface area contributed by atoms with Crippen LogP contribution in [-0.4, -0.2) is 0 Å². The normalized spacial score (nSPS) is 19.3. The van der Waals surface area contributed by atoms with E-state index < -0.39 is 0 Å². The van der Waals surface area contributed by atoms with Crippen LogP contribution in [0.2, 0.25) is 0 Å². The van der Waals surface area contributed by atoms with Gasteiger partial charge >= 0.3 is 0 Å². The summed E-state index contributed by atoms with van der Waals surface area (Å²) in [5, 5.41) is 3.90. The van der Waals surface area contributed by atoms with E-state index in [1.807, 2.05) is 11.3 Å². The highest BCUT2D eigenvalue weighted by Crippen LogP contribution is 2.37. The van der Waals surface area contributed by atoms with Gasteiger partial charge in [0.25, 0.3) is 0 Å². The van der Waals surface area contributed by atoms with Gasteiger partial charge < -0.3 is 5.32 Å². The monoisotopic (exact) mass is 475 g/mol. The van der Waals surface area contributed by atoms with Gasteiger partial charge in [-0.2, -0.15) is 0 Å². The largest absolute Gasteiger partial charge is 0.303 e. The van der Waals surface area contributed by atoms with Crippen LogP contribution in [0.4, 0.5) is 0 Å². The fourth-order valence-electron chi connectivity index (χ4n) is 3.08. The van der Waals surface area contributed by atoms with Crippen LogP contribution in [0.3, 0.4) is 0 Å². The van der Waals surface area contributed by atoms with E-state index in [2.05, 4.69) is 81.1 Å². The molecular weight excluding hydrogens is 457 g/mol. The predicted octanol–water partition coefficient (Wildman–Crippen LogP) is 6.23. The average Bonchev–Trinajstić information content (AvgIpc) is 2.87. The van der Waals surface area contributed by atoms with Gasteiger partial charge in [-0.05, 0) is 77.6 Å². The summed E-state index contributed by atoms with van der Waals surface area (Å²) in [6.07, 6.45) is 4.94. The number of halogens is 2. The van der Waals surface area contributed by atoms with Crippen LogP contribution in [0, 0.1) is 2.88 Å². The van der Waals surface area contributed by atoms with Crippen molar-refractivity contribution >= 4 is 49.9 Å². The number of hydrogen-bond donors (Lipinski definition) is 1. The third kappa shape index (κ3) is 3.71. The van der Waals surface area contributed by atoms with Crippen molar-refractivity contribution in [2.75, 3.05) is 0 Å². The fourth-order valence-corrected chi connectivity index (χ4v) is 5.47. The van der Waals surface area contributed by atoms with Crippen LogP contribution >= 0.6 is 49.9 Å². The number of hydrogen-bond acceptors (Lipinski definition) is 2. The predicted molar refractivity (Wildman–Crippen MR) is 103 cm³/mol. The van der Waals surface area contributed by atoms with Gasteiger partial charge in [-0.3, -0.25) is 0 Å². The molecule has 0 fully saturated rings. The summed E-state index contributed by atoms with van der Waals surface area (Å²) >= 11 is 7.94. The first-order valence-electron chi connectivity index (χ1n) is 7.47. The molecule has 4 heteroatoms. The Labute approximate surface area is 152 Å². The second kappa shape index (κ2) is 7.11. The van der Waals surface area contributed by atoms with Crippen molar-refractivity contribution in [3.05, 3.63) is 53.7 Å². The minimum absolute atomic E-state index is 0.437. The second-order valence-corrected chi connectivity index (χ2v) is 9.50. The van der Waals surface area contributed by atoms with Crippen LogP contribution in [0.1, 0.15) is 54.3 Å². The van der Waals surface area contributed by atoms with Crippen molar-refractivity contribution < 1.29 is 0 Å². The number of thiophene rings is 1. The van der Waals surface area contributed by atoms with Gasteiger partial charge in [0, 0.05) is 21.4 Å². The van der Waals surface area contributed by atoms with E-state index in [0.717, 1.165) is 10.9 Å². The molecule has 0 spiro atoms. The summed E-state index contributed by atoms with van der Waals surface area (Å²) in [5.41, 5.74) is 2.93. The zero-order valence-corrected chi connectivity index (χ0v) is 16.6. The Morgan fingerprint density at radius 1 is 1.38 bits per heavy atom. The topological polar surface area (TPSA) is 12.0 Å². The highest BCUT2D eigenvalue weighted by molar-refractivity contribution is 14.1. The molecule has 0 saturated heterocycles. The Kier molecular flexibility index (Phi) is 5.41. The van der Waals surface area contributed by atoms with Crippen LogP contribution in [0.15, 0.2) is 34.8 Å². The number of fused-ring (bicyclic) bond motifs is 1. The molecule has 0 bridgehead atoms. The smallest absolute Gasteiger partial charge is 0.0659 e. The minimum Gasteiger partial charge on any atom is -0.303 e. The van der Waals surface area contributed by atoms with Gasteiger partial charge in [0.1, 0.15) is 0 Å². The molecule has 1 nitrogen and oxygen atoms in total. The highest BCUT2D eigenvalue weighted by atomic mass is 127. The molecule has 0 aliphatic heterocycles. The lowest BCUT2D eigenvalue weighted by Crippen LogP contribution is -2.28. The van der Waals surface area contributed by atoms with Crippen LogP contribution in [0.5, 0.6) is 0 Å². The molecule has 3 rings (SSSR count). The molecule has 0 radical (unpaired) electrons. The lowest BCUT2D eigenvalue weighted by molar-refractivity contribution is 0.395. The zero-order valence-electron chi connectivity index (χ0n) is 12.0. The molecule has 1 heterocycles. The van der Waals surface area contributed by atoms with Crippen LogP contribution < -0.4 is 5.32 Å². The molecule has 2 aromatic rings. The van der Waals surface area contributed by atoms with E-state index >= 15 is 0 Å².